The summed E-state index contributed by atoms with van der Waals surface area (Å²) in [7, 11) is 3.12. The van der Waals surface area contributed by atoms with E-state index in [4.69, 9.17) is 21.1 Å². The summed E-state index contributed by atoms with van der Waals surface area (Å²) < 4.78 is 10.6. The number of benzene rings is 2. The fraction of sp³-hybridized carbons (Fsp3) is 0.176. The summed E-state index contributed by atoms with van der Waals surface area (Å²) in [6.45, 7) is 0. The molecular weight excluding hydrogens is 316 g/mol. The van der Waals surface area contributed by atoms with Gasteiger partial charge in [0.25, 0.3) is 0 Å². The Kier molecular flexibility index (Phi) is 4.21. The van der Waals surface area contributed by atoms with Crippen LogP contribution in [0.4, 0.5) is 5.69 Å². The van der Waals surface area contributed by atoms with Gasteiger partial charge in [-0.25, -0.2) is 4.99 Å². The summed E-state index contributed by atoms with van der Waals surface area (Å²) in [6.07, 6.45) is 0.843. The van der Waals surface area contributed by atoms with E-state index in [-0.39, 0.29) is 0 Å². The molecule has 0 spiro atoms. The summed E-state index contributed by atoms with van der Waals surface area (Å²) in [5, 5.41) is 3.77. The Hall–Kier alpha value is -2.53. The van der Waals surface area contributed by atoms with Gasteiger partial charge in [-0.3, -0.25) is 0 Å². The first kappa shape index (κ1) is 15.4. The van der Waals surface area contributed by atoms with Gasteiger partial charge in [0.15, 0.2) is 11.5 Å². The summed E-state index contributed by atoms with van der Waals surface area (Å²) in [5.41, 5.74) is 2.26. The number of methoxy groups -OCH3 is 2. The number of amidine groups is 1. The summed E-state index contributed by atoms with van der Waals surface area (Å²) >= 11 is 5.91. The van der Waals surface area contributed by atoms with Crippen LogP contribution in [0.5, 0.6) is 11.5 Å². The molecule has 1 N–H and O–H groups in total. The minimum Gasteiger partial charge on any atom is -0.493 e. The standard InChI is InChI=1S/C17H15ClN2O3/c1-22-15-7-12-13(8-16(15)23-2)19-17(20-14(12)9-21)10-3-5-11(18)6-4-10/h3-9,14H,1-2H3,(H,19,20). The molecule has 0 bridgehead atoms. The van der Waals surface area contributed by atoms with Crippen LogP contribution >= 0.6 is 11.6 Å². The van der Waals surface area contributed by atoms with Gasteiger partial charge >= 0.3 is 0 Å². The Morgan fingerprint density at radius 2 is 1.78 bits per heavy atom. The number of nitrogens with one attached hydrogen (secondary N) is 1. The van der Waals surface area contributed by atoms with Gasteiger partial charge in [-0.05, 0) is 30.3 Å². The Bertz CT molecular complexity index is 772. The molecule has 1 aliphatic heterocycles. The number of nitrogens with zero attached hydrogens (tertiary/aromatic N) is 1. The average molecular weight is 331 g/mol. The van der Waals surface area contributed by atoms with Crippen molar-refractivity contribution in [3.05, 3.63) is 52.5 Å². The molecule has 1 unspecified atom stereocenters. The second kappa shape index (κ2) is 6.30. The quantitative estimate of drug-likeness (QED) is 0.874. The van der Waals surface area contributed by atoms with Crippen LogP contribution in [0, 0.1) is 0 Å². The van der Waals surface area contributed by atoms with Crippen LogP contribution in [-0.2, 0) is 4.79 Å². The van der Waals surface area contributed by atoms with E-state index in [0.29, 0.717) is 28.0 Å². The lowest BCUT2D eigenvalue weighted by Crippen LogP contribution is -2.33. The zero-order valence-electron chi connectivity index (χ0n) is 12.7. The fourth-order valence-corrected chi connectivity index (χ4v) is 2.60. The van der Waals surface area contributed by atoms with E-state index in [1.54, 1.807) is 38.5 Å². The van der Waals surface area contributed by atoms with Crippen LogP contribution in [0.2, 0.25) is 5.02 Å². The zero-order chi connectivity index (χ0) is 16.4. The molecule has 0 radical (unpaired) electrons. The monoisotopic (exact) mass is 330 g/mol. The third kappa shape index (κ3) is 2.87. The van der Waals surface area contributed by atoms with Gasteiger partial charge in [0.05, 0.1) is 19.9 Å². The van der Waals surface area contributed by atoms with Crippen LogP contribution in [0.15, 0.2) is 41.4 Å². The zero-order valence-corrected chi connectivity index (χ0v) is 13.4. The number of fused-ring (bicyclic) bond motifs is 1. The molecule has 6 heteroatoms. The Labute approximate surface area is 138 Å². The lowest BCUT2D eigenvalue weighted by Gasteiger charge is -2.24. The predicted molar refractivity (Wildman–Crippen MR) is 89.1 cm³/mol. The number of aldehydes is 1. The van der Waals surface area contributed by atoms with E-state index >= 15 is 0 Å². The van der Waals surface area contributed by atoms with E-state index in [0.717, 1.165) is 17.4 Å². The summed E-state index contributed by atoms with van der Waals surface area (Å²) in [5.74, 6) is 1.74. The van der Waals surface area contributed by atoms with Gasteiger partial charge in [-0.2, -0.15) is 0 Å². The third-order valence-electron chi connectivity index (χ3n) is 3.65. The Morgan fingerprint density at radius 3 is 2.39 bits per heavy atom. The number of carbonyl (C=O) groups excluding carboxylic acids is 1. The van der Waals surface area contributed by atoms with Crippen LogP contribution in [0.1, 0.15) is 17.2 Å². The van der Waals surface area contributed by atoms with Crippen molar-refractivity contribution in [2.24, 2.45) is 4.99 Å². The second-order valence-corrected chi connectivity index (χ2v) is 5.43. The van der Waals surface area contributed by atoms with E-state index < -0.39 is 6.04 Å². The first-order valence-electron chi connectivity index (χ1n) is 6.98. The lowest BCUT2D eigenvalue weighted by molar-refractivity contribution is -0.109. The van der Waals surface area contributed by atoms with Crippen LogP contribution in [0.25, 0.3) is 0 Å². The summed E-state index contributed by atoms with van der Waals surface area (Å²) in [4.78, 5) is 16.1. The van der Waals surface area contributed by atoms with Gasteiger partial charge in [0, 0.05) is 22.2 Å². The van der Waals surface area contributed by atoms with Crippen LogP contribution in [0.3, 0.4) is 0 Å². The van der Waals surface area contributed by atoms with Gasteiger partial charge in [-0.15, -0.1) is 0 Å². The van der Waals surface area contributed by atoms with Crippen molar-refractivity contribution in [1.82, 2.24) is 5.32 Å². The van der Waals surface area contributed by atoms with E-state index in [9.17, 15) is 4.79 Å². The van der Waals surface area contributed by atoms with Crippen LogP contribution < -0.4 is 14.8 Å². The molecule has 0 fully saturated rings. The first-order chi connectivity index (χ1) is 11.2. The highest BCUT2D eigenvalue weighted by molar-refractivity contribution is 6.30. The molecule has 23 heavy (non-hydrogen) atoms. The topological polar surface area (TPSA) is 59.9 Å². The second-order valence-electron chi connectivity index (χ2n) is 4.99. The largest absolute Gasteiger partial charge is 0.493 e. The number of ether oxygens (including phenoxy) is 2. The molecule has 0 amide bonds. The van der Waals surface area contributed by atoms with Crippen molar-refractivity contribution in [1.29, 1.82) is 0 Å². The Morgan fingerprint density at radius 1 is 1.13 bits per heavy atom. The molecule has 1 atom stereocenters. The first-order valence-corrected chi connectivity index (χ1v) is 7.36. The molecule has 5 nitrogen and oxygen atoms in total. The van der Waals surface area contributed by atoms with Gasteiger partial charge < -0.3 is 19.6 Å². The molecule has 118 valence electrons. The van der Waals surface area contributed by atoms with Crippen molar-refractivity contribution in [3.63, 3.8) is 0 Å². The maximum Gasteiger partial charge on any atom is 0.162 e. The number of hydrogen-bond acceptors (Lipinski definition) is 5. The minimum atomic E-state index is -0.506. The number of rotatable bonds is 4. The number of halogens is 1. The molecule has 1 heterocycles. The highest BCUT2D eigenvalue weighted by Gasteiger charge is 2.24. The highest BCUT2D eigenvalue weighted by Crippen LogP contribution is 2.39. The minimum absolute atomic E-state index is 0.506. The SMILES string of the molecule is COc1cc2c(cc1OC)C(C=O)NC(c1ccc(Cl)cc1)=N2. The van der Waals surface area contributed by atoms with Crippen LogP contribution in [-0.4, -0.2) is 26.3 Å². The van der Waals surface area contributed by atoms with E-state index in [1.807, 2.05) is 12.1 Å². The lowest BCUT2D eigenvalue weighted by atomic mass is 10.0. The van der Waals surface area contributed by atoms with E-state index in [1.165, 1.54) is 0 Å². The van der Waals surface area contributed by atoms with E-state index in [2.05, 4.69) is 10.3 Å². The molecular formula is C17H15ClN2O3. The molecule has 3 rings (SSSR count). The van der Waals surface area contributed by atoms with Crippen molar-refractivity contribution < 1.29 is 14.3 Å². The smallest absolute Gasteiger partial charge is 0.162 e. The molecule has 0 aromatic heterocycles. The number of aliphatic imine (C=N–C) groups is 1. The summed E-state index contributed by atoms with van der Waals surface area (Å²) in [6, 6.07) is 10.3. The maximum atomic E-state index is 11.5. The van der Waals surface area contributed by atoms with Crippen molar-refractivity contribution >= 4 is 29.4 Å². The fourth-order valence-electron chi connectivity index (χ4n) is 2.47. The molecule has 0 saturated heterocycles. The highest BCUT2D eigenvalue weighted by atomic mass is 35.5. The predicted octanol–water partition coefficient (Wildman–Crippen LogP) is 3.28. The average Bonchev–Trinajstić information content (AvgIpc) is 2.60. The number of hydrogen-bond donors (Lipinski definition) is 1. The van der Waals surface area contributed by atoms with Gasteiger partial charge in [-0.1, -0.05) is 11.6 Å². The van der Waals surface area contributed by atoms with Crippen molar-refractivity contribution in [2.75, 3.05) is 14.2 Å². The molecule has 2 aromatic rings. The number of carbonyl (C=O) groups is 1. The third-order valence-corrected chi connectivity index (χ3v) is 3.90. The molecule has 2 aromatic carbocycles. The normalized spacial score (nSPS) is 16.0. The van der Waals surface area contributed by atoms with Crippen molar-refractivity contribution in [3.8, 4) is 11.5 Å². The van der Waals surface area contributed by atoms with Gasteiger partial charge in [0.2, 0.25) is 0 Å². The molecule has 0 aliphatic carbocycles. The Balaban J connectivity index is 2.11. The molecule has 0 saturated carbocycles. The van der Waals surface area contributed by atoms with Gasteiger partial charge in [0.1, 0.15) is 18.2 Å². The molecule has 1 aliphatic rings. The maximum absolute atomic E-state index is 11.5. The van der Waals surface area contributed by atoms with Crippen molar-refractivity contribution in [2.45, 2.75) is 6.04 Å².